The molecule has 0 aliphatic rings. The quantitative estimate of drug-likeness (QED) is 0.396. The van der Waals surface area contributed by atoms with Crippen molar-refractivity contribution in [2.75, 3.05) is 12.5 Å². The van der Waals surface area contributed by atoms with Gasteiger partial charge in [0.15, 0.2) is 0 Å². The van der Waals surface area contributed by atoms with E-state index < -0.39 is 10.0 Å². The summed E-state index contributed by atoms with van der Waals surface area (Å²) in [5.74, 6) is 0.661. The molecule has 0 radical (unpaired) electrons. The lowest BCUT2D eigenvalue weighted by Gasteiger charge is -2.15. The summed E-state index contributed by atoms with van der Waals surface area (Å²) in [5.41, 5.74) is 6.01. The first-order valence-electron chi connectivity index (χ1n) is 8.69. The van der Waals surface area contributed by atoms with Crippen LogP contribution in [0, 0.1) is 6.92 Å². The molecular weight excluding hydrogens is 374 g/mol. The third kappa shape index (κ3) is 3.37. The van der Waals surface area contributed by atoms with Gasteiger partial charge in [0.1, 0.15) is 5.75 Å². The summed E-state index contributed by atoms with van der Waals surface area (Å²) >= 11 is 0. The summed E-state index contributed by atoms with van der Waals surface area (Å²) in [6.45, 7) is 1.91. The highest BCUT2D eigenvalue weighted by molar-refractivity contribution is 7.89. The van der Waals surface area contributed by atoms with Gasteiger partial charge in [0, 0.05) is 10.8 Å². The fraction of sp³-hybridized carbons (Fsp3) is 0.0952. The minimum atomic E-state index is -3.74. The summed E-state index contributed by atoms with van der Waals surface area (Å²) in [6, 6.07) is 19.7. The predicted molar refractivity (Wildman–Crippen MR) is 111 cm³/mol. The SMILES string of the molecule is COc1ccc2nc3ccccc3c(NNS(=O)(=O)c3ccc(C)cc3)c2c1. The van der Waals surface area contributed by atoms with Crippen molar-refractivity contribution in [2.45, 2.75) is 11.8 Å². The second kappa shape index (κ2) is 7.10. The van der Waals surface area contributed by atoms with Crippen LogP contribution in [0.5, 0.6) is 5.75 Å². The molecule has 4 aromatic rings. The van der Waals surface area contributed by atoms with Crippen molar-refractivity contribution in [1.29, 1.82) is 0 Å². The van der Waals surface area contributed by atoms with Gasteiger partial charge in [0.2, 0.25) is 0 Å². The molecule has 0 aliphatic heterocycles. The van der Waals surface area contributed by atoms with Crippen molar-refractivity contribution < 1.29 is 13.2 Å². The van der Waals surface area contributed by atoms with Gasteiger partial charge in [-0.05, 0) is 43.3 Å². The highest BCUT2D eigenvalue weighted by Crippen LogP contribution is 2.32. The van der Waals surface area contributed by atoms with E-state index in [0.717, 1.165) is 27.4 Å². The molecule has 0 saturated carbocycles. The number of ether oxygens (including phenoxy) is 1. The van der Waals surface area contributed by atoms with Crippen LogP contribution in [-0.4, -0.2) is 20.5 Å². The zero-order valence-electron chi connectivity index (χ0n) is 15.4. The van der Waals surface area contributed by atoms with Gasteiger partial charge in [-0.1, -0.05) is 35.9 Å². The highest BCUT2D eigenvalue weighted by atomic mass is 32.2. The smallest absolute Gasteiger partial charge is 0.257 e. The van der Waals surface area contributed by atoms with Crippen molar-refractivity contribution >= 4 is 37.5 Å². The number of aromatic nitrogens is 1. The number of pyridine rings is 1. The number of nitrogens with zero attached hydrogens (tertiary/aromatic N) is 1. The summed E-state index contributed by atoms with van der Waals surface area (Å²) in [5, 5.41) is 1.56. The monoisotopic (exact) mass is 393 g/mol. The molecular formula is C21H19N3O3S. The Morgan fingerprint density at radius 3 is 2.36 bits per heavy atom. The minimum absolute atomic E-state index is 0.186. The first-order chi connectivity index (χ1) is 13.5. The number of nitrogens with one attached hydrogen (secondary N) is 2. The molecule has 3 aromatic carbocycles. The molecule has 0 atom stereocenters. The Labute approximate surface area is 163 Å². The van der Waals surface area contributed by atoms with Crippen LogP contribution >= 0.6 is 0 Å². The molecule has 142 valence electrons. The molecule has 0 unspecified atom stereocenters. The van der Waals surface area contributed by atoms with Crippen molar-refractivity contribution in [3.63, 3.8) is 0 Å². The second-order valence-corrected chi connectivity index (χ2v) is 8.11. The van der Waals surface area contributed by atoms with E-state index in [1.165, 1.54) is 0 Å². The second-order valence-electron chi connectivity index (χ2n) is 6.43. The average molecular weight is 393 g/mol. The number of fused-ring (bicyclic) bond motifs is 2. The van der Waals surface area contributed by atoms with E-state index in [1.807, 2.05) is 49.4 Å². The summed E-state index contributed by atoms with van der Waals surface area (Å²) in [6.07, 6.45) is 0. The summed E-state index contributed by atoms with van der Waals surface area (Å²) < 4.78 is 30.7. The molecule has 2 N–H and O–H groups in total. The largest absolute Gasteiger partial charge is 0.497 e. The van der Waals surface area contributed by atoms with Crippen LogP contribution < -0.4 is 15.0 Å². The van der Waals surface area contributed by atoms with E-state index in [-0.39, 0.29) is 4.90 Å². The molecule has 0 spiro atoms. The van der Waals surface area contributed by atoms with Gasteiger partial charge in [0.25, 0.3) is 10.0 Å². The van der Waals surface area contributed by atoms with Gasteiger partial charge >= 0.3 is 0 Å². The van der Waals surface area contributed by atoms with Gasteiger partial charge in [-0.25, -0.2) is 13.4 Å². The number of methoxy groups -OCH3 is 1. The Morgan fingerprint density at radius 2 is 1.61 bits per heavy atom. The lowest BCUT2D eigenvalue weighted by molar-refractivity contribution is 0.415. The van der Waals surface area contributed by atoms with Crippen LogP contribution in [0.4, 0.5) is 5.69 Å². The number of hydrazine groups is 1. The molecule has 0 saturated heterocycles. The zero-order chi connectivity index (χ0) is 19.7. The lowest BCUT2D eigenvalue weighted by atomic mass is 10.1. The van der Waals surface area contributed by atoms with E-state index in [2.05, 4.69) is 15.2 Å². The third-order valence-electron chi connectivity index (χ3n) is 4.53. The van der Waals surface area contributed by atoms with Crippen molar-refractivity contribution in [1.82, 2.24) is 9.82 Å². The molecule has 7 heteroatoms. The molecule has 6 nitrogen and oxygen atoms in total. The fourth-order valence-corrected chi connectivity index (χ4v) is 3.88. The average Bonchev–Trinajstić information content (AvgIpc) is 2.71. The summed E-state index contributed by atoms with van der Waals surface area (Å²) in [4.78, 5) is 7.33. The maximum absolute atomic E-state index is 12.7. The molecule has 0 fully saturated rings. The number of benzene rings is 3. The fourth-order valence-electron chi connectivity index (χ4n) is 3.03. The first-order valence-corrected chi connectivity index (χ1v) is 10.2. The minimum Gasteiger partial charge on any atom is -0.497 e. The van der Waals surface area contributed by atoms with Gasteiger partial charge in [0.05, 0.1) is 28.7 Å². The van der Waals surface area contributed by atoms with E-state index in [1.54, 1.807) is 31.4 Å². The number of hydrogen-bond acceptors (Lipinski definition) is 5. The molecule has 0 aliphatic carbocycles. The number of sulfonamides is 1. The number of hydrogen-bond donors (Lipinski definition) is 2. The predicted octanol–water partition coefficient (Wildman–Crippen LogP) is 4.01. The van der Waals surface area contributed by atoms with Crippen molar-refractivity contribution in [3.8, 4) is 5.75 Å². The Morgan fingerprint density at radius 1 is 0.893 bits per heavy atom. The van der Waals surface area contributed by atoms with E-state index in [4.69, 9.17) is 4.74 Å². The molecule has 1 heterocycles. The normalized spacial score (nSPS) is 11.6. The van der Waals surface area contributed by atoms with Crippen LogP contribution in [0.25, 0.3) is 21.8 Å². The van der Waals surface area contributed by atoms with Gasteiger partial charge in [-0.2, -0.15) is 0 Å². The third-order valence-corrected chi connectivity index (χ3v) is 5.79. The van der Waals surface area contributed by atoms with E-state index in [9.17, 15) is 8.42 Å². The van der Waals surface area contributed by atoms with Crippen LogP contribution in [0.1, 0.15) is 5.56 Å². The van der Waals surface area contributed by atoms with Gasteiger partial charge in [-0.3, -0.25) is 0 Å². The Bertz CT molecular complexity index is 1270. The number of para-hydroxylation sites is 1. The first kappa shape index (κ1) is 18.2. The molecule has 0 bridgehead atoms. The number of rotatable bonds is 5. The van der Waals surface area contributed by atoms with Gasteiger partial charge in [-0.15, -0.1) is 4.83 Å². The van der Waals surface area contributed by atoms with Crippen LogP contribution in [-0.2, 0) is 10.0 Å². The van der Waals surface area contributed by atoms with E-state index >= 15 is 0 Å². The maximum Gasteiger partial charge on any atom is 0.257 e. The molecule has 28 heavy (non-hydrogen) atoms. The zero-order valence-corrected chi connectivity index (χ0v) is 16.2. The lowest BCUT2D eigenvalue weighted by Crippen LogP contribution is -2.29. The maximum atomic E-state index is 12.7. The Balaban J connectivity index is 1.80. The molecule has 0 amide bonds. The summed E-state index contributed by atoms with van der Waals surface area (Å²) in [7, 11) is -2.15. The number of aryl methyl sites for hydroxylation is 1. The van der Waals surface area contributed by atoms with Crippen LogP contribution in [0.3, 0.4) is 0 Å². The standard InChI is InChI=1S/C21H19N3O3S/c1-14-7-10-16(11-8-14)28(25,26)24-23-21-17-5-3-4-6-19(17)22-20-12-9-15(27-2)13-18(20)21/h3-13,24H,1-2H3,(H,22,23). The topological polar surface area (TPSA) is 80.3 Å². The van der Waals surface area contributed by atoms with Crippen LogP contribution in [0.15, 0.2) is 71.6 Å². The number of anilines is 1. The Hall–Kier alpha value is -3.16. The molecule has 4 rings (SSSR count). The van der Waals surface area contributed by atoms with Crippen LogP contribution in [0.2, 0.25) is 0 Å². The van der Waals surface area contributed by atoms with Crippen molar-refractivity contribution in [3.05, 3.63) is 72.3 Å². The molecule has 1 aromatic heterocycles. The highest BCUT2D eigenvalue weighted by Gasteiger charge is 2.16. The van der Waals surface area contributed by atoms with E-state index in [0.29, 0.717) is 11.4 Å². The Kier molecular flexibility index (Phi) is 4.62. The van der Waals surface area contributed by atoms with Gasteiger partial charge < -0.3 is 10.2 Å². The van der Waals surface area contributed by atoms with Crippen molar-refractivity contribution in [2.24, 2.45) is 0 Å².